The van der Waals surface area contributed by atoms with E-state index in [9.17, 15) is 0 Å². The van der Waals surface area contributed by atoms with Crippen molar-refractivity contribution in [3.05, 3.63) is 28.8 Å². The predicted octanol–water partition coefficient (Wildman–Crippen LogP) is 2.93. The summed E-state index contributed by atoms with van der Waals surface area (Å²) in [6, 6.07) is 6.11. The number of hydrogen-bond donors (Lipinski definition) is 1. The van der Waals surface area contributed by atoms with Gasteiger partial charge < -0.3 is 24.6 Å². The molecule has 0 amide bonds. The standard InChI is InChI=1S/C21H33ClN4O2/c1-17-4-5-18(22)16-20(17)25-9-11-26(12-10-25)21(23-2)24-8-3-13-28-19-6-14-27-15-7-19/h4-5,16,19H,3,6-15H2,1-2H3,(H,23,24). The summed E-state index contributed by atoms with van der Waals surface area (Å²) in [6.45, 7) is 9.30. The van der Waals surface area contributed by atoms with Crippen LogP contribution in [-0.2, 0) is 9.47 Å². The quantitative estimate of drug-likeness (QED) is 0.445. The molecule has 0 aliphatic carbocycles. The Morgan fingerprint density at radius 2 is 2.00 bits per heavy atom. The largest absolute Gasteiger partial charge is 0.381 e. The second-order valence-corrected chi connectivity index (χ2v) is 7.85. The first-order valence-electron chi connectivity index (χ1n) is 10.3. The normalized spacial score (nSPS) is 19.2. The molecule has 7 heteroatoms. The van der Waals surface area contributed by atoms with Gasteiger partial charge in [0.2, 0.25) is 0 Å². The van der Waals surface area contributed by atoms with Gasteiger partial charge in [0.1, 0.15) is 0 Å². The van der Waals surface area contributed by atoms with Gasteiger partial charge in [-0.2, -0.15) is 0 Å². The zero-order chi connectivity index (χ0) is 19.8. The average Bonchev–Trinajstić information content (AvgIpc) is 2.73. The van der Waals surface area contributed by atoms with E-state index in [0.717, 1.165) is 82.8 Å². The van der Waals surface area contributed by atoms with Crippen LogP contribution in [0, 0.1) is 6.92 Å². The predicted molar refractivity (Wildman–Crippen MR) is 116 cm³/mol. The molecule has 2 saturated heterocycles. The van der Waals surface area contributed by atoms with Crippen LogP contribution < -0.4 is 10.2 Å². The van der Waals surface area contributed by atoms with E-state index in [1.54, 1.807) is 0 Å². The molecule has 0 radical (unpaired) electrons. The van der Waals surface area contributed by atoms with E-state index < -0.39 is 0 Å². The Hall–Kier alpha value is -1.50. The van der Waals surface area contributed by atoms with Crippen molar-refractivity contribution in [2.24, 2.45) is 4.99 Å². The highest BCUT2D eigenvalue weighted by molar-refractivity contribution is 6.30. The minimum Gasteiger partial charge on any atom is -0.381 e. The third-order valence-electron chi connectivity index (χ3n) is 5.43. The highest BCUT2D eigenvalue weighted by atomic mass is 35.5. The highest BCUT2D eigenvalue weighted by Crippen LogP contribution is 2.25. The van der Waals surface area contributed by atoms with Gasteiger partial charge in [0.15, 0.2) is 5.96 Å². The van der Waals surface area contributed by atoms with Crippen LogP contribution in [0.4, 0.5) is 5.69 Å². The smallest absolute Gasteiger partial charge is 0.193 e. The first kappa shape index (κ1) is 21.2. The Bertz CT molecular complexity index is 641. The summed E-state index contributed by atoms with van der Waals surface area (Å²) in [5.74, 6) is 0.980. The van der Waals surface area contributed by atoms with Crippen molar-refractivity contribution >= 4 is 23.2 Å². The van der Waals surface area contributed by atoms with Crippen LogP contribution in [0.1, 0.15) is 24.8 Å². The summed E-state index contributed by atoms with van der Waals surface area (Å²) in [6.07, 6.45) is 3.39. The fourth-order valence-corrected chi connectivity index (χ4v) is 3.95. The third-order valence-corrected chi connectivity index (χ3v) is 5.66. The van der Waals surface area contributed by atoms with E-state index in [1.165, 1.54) is 11.3 Å². The van der Waals surface area contributed by atoms with Crippen molar-refractivity contribution in [3.63, 3.8) is 0 Å². The fourth-order valence-electron chi connectivity index (χ4n) is 3.78. The number of nitrogens with one attached hydrogen (secondary N) is 1. The molecule has 0 aromatic heterocycles. The molecule has 2 fully saturated rings. The molecule has 0 bridgehead atoms. The second kappa shape index (κ2) is 10.9. The monoisotopic (exact) mass is 408 g/mol. The van der Waals surface area contributed by atoms with Gasteiger partial charge in [-0.05, 0) is 43.9 Å². The maximum atomic E-state index is 6.19. The number of ether oxygens (including phenoxy) is 2. The number of piperazine rings is 1. The molecule has 156 valence electrons. The van der Waals surface area contributed by atoms with Crippen molar-refractivity contribution in [2.45, 2.75) is 32.3 Å². The lowest BCUT2D eigenvalue weighted by Crippen LogP contribution is -2.52. The Labute approximate surface area is 173 Å². The molecule has 2 heterocycles. The molecule has 2 aliphatic rings. The van der Waals surface area contributed by atoms with Crippen LogP contribution >= 0.6 is 11.6 Å². The average molecular weight is 409 g/mol. The number of aryl methyl sites for hydroxylation is 1. The van der Waals surface area contributed by atoms with Gasteiger partial charge in [0, 0.05) is 70.3 Å². The zero-order valence-corrected chi connectivity index (χ0v) is 17.9. The summed E-state index contributed by atoms with van der Waals surface area (Å²) >= 11 is 6.19. The summed E-state index contributed by atoms with van der Waals surface area (Å²) in [5, 5.41) is 4.28. The molecule has 0 atom stereocenters. The van der Waals surface area contributed by atoms with E-state index >= 15 is 0 Å². The third kappa shape index (κ3) is 6.00. The van der Waals surface area contributed by atoms with Gasteiger partial charge in [-0.1, -0.05) is 17.7 Å². The van der Waals surface area contributed by atoms with Crippen molar-refractivity contribution in [2.75, 3.05) is 64.5 Å². The lowest BCUT2D eigenvalue weighted by atomic mass is 10.1. The number of anilines is 1. The van der Waals surface area contributed by atoms with Gasteiger partial charge >= 0.3 is 0 Å². The molecule has 2 aliphatic heterocycles. The minimum absolute atomic E-state index is 0.371. The molecule has 28 heavy (non-hydrogen) atoms. The molecule has 6 nitrogen and oxygen atoms in total. The number of halogens is 1. The molecule has 1 N–H and O–H groups in total. The summed E-state index contributed by atoms with van der Waals surface area (Å²) in [4.78, 5) is 9.20. The summed E-state index contributed by atoms with van der Waals surface area (Å²) in [5.41, 5.74) is 2.50. The first-order valence-corrected chi connectivity index (χ1v) is 10.7. The molecule has 3 rings (SSSR count). The van der Waals surface area contributed by atoms with Crippen molar-refractivity contribution in [1.29, 1.82) is 0 Å². The minimum atomic E-state index is 0.371. The van der Waals surface area contributed by atoms with E-state index in [-0.39, 0.29) is 0 Å². The maximum Gasteiger partial charge on any atom is 0.193 e. The van der Waals surface area contributed by atoms with Crippen molar-refractivity contribution in [3.8, 4) is 0 Å². The molecule has 1 aromatic rings. The topological polar surface area (TPSA) is 49.3 Å². The second-order valence-electron chi connectivity index (χ2n) is 7.41. The number of nitrogens with zero attached hydrogens (tertiary/aromatic N) is 3. The van der Waals surface area contributed by atoms with Gasteiger partial charge in [-0.3, -0.25) is 4.99 Å². The molecular formula is C21H33ClN4O2. The van der Waals surface area contributed by atoms with Gasteiger partial charge in [0.25, 0.3) is 0 Å². The molecule has 0 unspecified atom stereocenters. The highest BCUT2D eigenvalue weighted by Gasteiger charge is 2.21. The molecule has 0 saturated carbocycles. The van der Waals surface area contributed by atoms with Crippen LogP contribution in [0.2, 0.25) is 5.02 Å². The zero-order valence-electron chi connectivity index (χ0n) is 17.1. The number of aliphatic imine (C=N–C) groups is 1. The Kier molecular flexibility index (Phi) is 8.25. The Balaban J connectivity index is 1.38. The van der Waals surface area contributed by atoms with E-state index in [1.807, 2.05) is 13.1 Å². The van der Waals surface area contributed by atoms with Crippen molar-refractivity contribution in [1.82, 2.24) is 10.2 Å². The molecule has 0 spiro atoms. The van der Waals surface area contributed by atoms with E-state index in [0.29, 0.717) is 6.10 Å². The molecule has 1 aromatic carbocycles. The van der Waals surface area contributed by atoms with Crippen LogP contribution in [0.15, 0.2) is 23.2 Å². The van der Waals surface area contributed by atoms with E-state index in [2.05, 4.69) is 39.2 Å². The number of guanidine groups is 1. The fraction of sp³-hybridized carbons (Fsp3) is 0.667. The molecular weight excluding hydrogens is 376 g/mol. The Morgan fingerprint density at radius 1 is 1.25 bits per heavy atom. The SMILES string of the molecule is CN=C(NCCCOC1CCOCC1)N1CCN(c2cc(Cl)ccc2C)CC1. The van der Waals surface area contributed by atoms with Crippen molar-refractivity contribution < 1.29 is 9.47 Å². The summed E-state index contributed by atoms with van der Waals surface area (Å²) < 4.78 is 11.3. The van der Waals surface area contributed by atoms with Crippen LogP contribution in [0.25, 0.3) is 0 Å². The van der Waals surface area contributed by atoms with Crippen LogP contribution in [0.3, 0.4) is 0 Å². The number of hydrogen-bond acceptors (Lipinski definition) is 4. The van der Waals surface area contributed by atoms with E-state index in [4.69, 9.17) is 21.1 Å². The van der Waals surface area contributed by atoms with Crippen LogP contribution in [-0.4, -0.2) is 76.6 Å². The van der Waals surface area contributed by atoms with Crippen LogP contribution in [0.5, 0.6) is 0 Å². The van der Waals surface area contributed by atoms with Gasteiger partial charge in [-0.25, -0.2) is 0 Å². The lowest BCUT2D eigenvalue weighted by molar-refractivity contribution is -0.0320. The first-order chi connectivity index (χ1) is 13.7. The Morgan fingerprint density at radius 3 is 2.71 bits per heavy atom. The van der Waals surface area contributed by atoms with Gasteiger partial charge in [-0.15, -0.1) is 0 Å². The number of benzene rings is 1. The number of rotatable bonds is 6. The van der Waals surface area contributed by atoms with Gasteiger partial charge in [0.05, 0.1) is 6.10 Å². The lowest BCUT2D eigenvalue weighted by Gasteiger charge is -2.38. The summed E-state index contributed by atoms with van der Waals surface area (Å²) in [7, 11) is 1.86. The maximum absolute atomic E-state index is 6.19.